The maximum Gasteiger partial charge on any atom is 0.289 e. The molecule has 0 spiro atoms. The van der Waals surface area contributed by atoms with Gasteiger partial charge in [-0.3, -0.25) is 10.1 Å². The van der Waals surface area contributed by atoms with Crippen LogP contribution < -0.4 is 4.72 Å². The minimum atomic E-state index is -3.95. The van der Waals surface area contributed by atoms with Gasteiger partial charge in [0.2, 0.25) is 10.0 Å². The molecule has 0 radical (unpaired) electrons. The van der Waals surface area contributed by atoms with Gasteiger partial charge < -0.3 is 4.74 Å². The molecule has 1 aromatic rings. The fourth-order valence-electron chi connectivity index (χ4n) is 2.19. The lowest BCUT2D eigenvalue weighted by molar-refractivity contribution is -0.387. The fraction of sp³-hybridized carbons (Fsp3) is 0.500. The molecule has 1 aliphatic heterocycles. The molecule has 0 saturated carbocycles. The zero-order valence-corrected chi connectivity index (χ0v) is 13.7. The number of halogens is 1. The molecule has 0 bridgehead atoms. The van der Waals surface area contributed by atoms with Crippen molar-refractivity contribution in [1.29, 1.82) is 0 Å². The first kappa shape index (κ1) is 16.3. The smallest absolute Gasteiger partial charge is 0.289 e. The van der Waals surface area contributed by atoms with Crippen LogP contribution in [0.3, 0.4) is 0 Å². The van der Waals surface area contributed by atoms with Crippen LogP contribution in [0.15, 0.2) is 27.6 Å². The van der Waals surface area contributed by atoms with E-state index in [1.807, 2.05) is 6.92 Å². The average Bonchev–Trinajstić information content (AvgIpc) is 2.81. The zero-order chi connectivity index (χ0) is 15.6. The molecule has 0 aliphatic carbocycles. The highest BCUT2D eigenvalue weighted by Gasteiger charge is 2.29. The molecule has 7 nitrogen and oxygen atoms in total. The predicted molar refractivity (Wildman–Crippen MR) is 79.5 cm³/mol. The van der Waals surface area contributed by atoms with E-state index in [0.717, 1.165) is 6.42 Å². The first-order valence-corrected chi connectivity index (χ1v) is 8.64. The second kappa shape index (κ2) is 6.39. The van der Waals surface area contributed by atoms with Crippen molar-refractivity contribution in [2.24, 2.45) is 5.92 Å². The van der Waals surface area contributed by atoms with Crippen molar-refractivity contribution >= 4 is 31.6 Å². The molecule has 9 heteroatoms. The number of hydrogen-bond donors (Lipinski definition) is 1. The molecule has 0 aromatic heterocycles. The Balaban J connectivity index is 2.23. The Morgan fingerprint density at radius 1 is 1.52 bits per heavy atom. The van der Waals surface area contributed by atoms with Crippen molar-refractivity contribution in [3.05, 3.63) is 32.8 Å². The van der Waals surface area contributed by atoms with E-state index in [4.69, 9.17) is 4.74 Å². The topological polar surface area (TPSA) is 98.5 Å². The van der Waals surface area contributed by atoms with E-state index in [2.05, 4.69) is 20.7 Å². The minimum Gasteiger partial charge on any atom is -0.378 e. The highest BCUT2D eigenvalue weighted by atomic mass is 79.9. The third-order valence-electron chi connectivity index (χ3n) is 3.48. The van der Waals surface area contributed by atoms with E-state index >= 15 is 0 Å². The van der Waals surface area contributed by atoms with Gasteiger partial charge in [-0.25, -0.2) is 13.1 Å². The van der Waals surface area contributed by atoms with Crippen molar-refractivity contribution in [2.75, 3.05) is 13.2 Å². The molecule has 1 saturated heterocycles. The SMILES string of the molecule is CC1OCCC1CNS(=O)(=O)c1cc(Br)ccc1[N+](=O)[O-]. The van der Waals surface area contributed by atoms with Gasteiger partial charge in [0.15, 0.2) is 4.90 Å². The van der Waals surface area contributed by atoms with E-state index in [9.17, 15) is 18.5 Å². The van der Waals surface area contributed by atoms with Crippen LogP contribution in [-0.4, -0.2) is 32.6 Å². The summed E-state index contributed by atoms with van der Waals surface area (Å²) in [4.78, 5) is 9.92. The Morgan fingerprint density at radius 3 is 2.81 bits per heavy atom. The van der Waals surface area contributed by atoms with E-state index in [-0.39, 0.29) is 23.5 Å². The molecular formula is C12H15BrN2O5S. The van der Waals surface area contributed by atoms with Crippen LogP contribution in [0.5, 0.6) is 0 Å². The number of nitrogens with zero attached hydrogens (tertiary/aromatic N) is 1. The lowest BCUT2D eigenvalue weighted by Crippen LogP contribution is -2.32. The van der Waals surface area contributed by atoms with Gasteiger partial charge in [0.1, 0.15) is 0 Å². The Hall–Kier alpha value is -1.03. The zero-order valence-electron chi connectivity index (χ0n) is 11.3. The van der Waals surface area contributed by atoms with Crippen LogP contribution in [0.1, 0.15) is 13.3 Å². The Labute approximate surface area is 131 Å². The standard InChI is InChI=1S/C12H15BrN2O5S/c1-8-9(4-5-20-8)7-14-21(18,19)12-6-10(13)2-3-11(12)15(16)17/h2-3,6,8-9,14H,4-5,7H2,1H3. The minimum absolute atomic E-state index is 0.0230. The number of nitro groups is 1. The average molecular weight is 379 g/mol. The molecular weight excluding hydrogens is 364 g/mol. The summed E-state index contributed by atoms with van der Waals surface area (Å²) in [5, 5.41) is 11.0. The van der Waals surface area contributed by atoms with E-state index < -0.39 is 20.6 Å². The summed E-state index contributed by atoms with van der Waals surface area (Å²) < 4.78 is 32.9. The summed E-state index contributed by atoms with van der Waals surface area (Å²) in [7, 11) is -3.95. The third kappa shape index (κ3) is 3.79. The van der Waals surface area contributed by atoms with Gasteiger partial charge in [0, 0.05) is 29.6 Å². The van der Waals surface area contributed by atoms with Gasteiger partial charge in [-0.1, -0.05) is 15.9 Å². The molecule has 1 fully saturated rings. The molecule has 1 aromatic carbocycles. The maximum absolute atomic E-state index is 12.3. The van der Waals surface area contributed by atoms with Crippen LogP contribution in [0.2, 0.25) is 0 Å². The molecule has 21 heavy (non-hydrogen) atoms. The first-order chi connectivity index (χ1) is 9.81. The molecule has 2 unspecified atom stereocenters. The van der Waals surface area contributed by atoms with E-state index in [1.165, 1.54) is 18.2 Å². The predicted octanol–water partition coefficient (Wildman–Crippen LogP) is 2.06. The highest BCUT2D eigenvalue weighted by molar-refractivity contribution is 9.10. The maximum atomic E-state index is 12.3. The normalized spacial score (nSPS) is 22.4. The van der Waals surface area contributed by atoms with Crippen molar-refractivity contribution in [2.45, 2.75) is 24.3 Å². The van der Waals surface area contributed by atoms with Crippen LogP contribution in [0, 0.1) is 16.0 Å². The molecule has 1 aliphatic rings. The number of nitrogens with one attached hydrogen (secondary N) is 1. The Bertz CT molecular complexity index is 649. The number of hydrogen-bond acceptors (Lipinski definition) is 5. The summed E-state index contributed by atoms with van der Waals surface area (Å²) in [5.74, 6) is 0.0750. The molecule has 0 amide bonds. The van der Waals surface area contributed by atoms with Crippen molar-refractivity contribution in [3.8, 4) is 0 Å². The first-order valence-electron chi connectivity index (χ1n) is 6.36. The molecule has 1 heterocycles. The van der Waals surface area contributed by atoms with Crippen LogP contribution in [0.4, 0.5) is 5.69 Å². The third-order valence-corrected chi connectivity index (χ3v) is 5.42. The van der Waals surface area contributed by atoms with Gasteiger partial charge in [-0.05, 0) is 25.5 Å². The Kier molecular flexibility index (Phi) is 4.97. The summed E-state index contributed by atoms with van der Waals surface area (Å²) in [5.41, 5.74) is -0.443. The summed E-state index contributed by atoms with van der Waals surface area (Å²) in [6, 6.07) is 3.83. The number of nitro benzene ring substituents is 1. The Morgan fingerprint density at radius 2 is 2.24 bits per heavy atom. The number of rotatable bonds is 5. The van der Waals surface area contributed by atoms with Gasteiger partial charge >= 0.3 is 0 Å². The van der Waals surface area contributed by atoms with Crippen molar-refractivity contribution < 1.29 is 18.1 Å². The fourth-order valence-corrected chi connectivity index (χ4v) is 3.99. The molecule has 2 atom stereocenters. The van der Waals surface area contributed by atoms with E-state index in [0.29, 0.717) is 11.1 Å². The quantitative estimate of drug-likeness (QED) is 0.624. The molecule has 1 N–H and O–H groups in total. The van der Waals surface area contributed by atoms with Gasteiger partial charge in [0.25, 0.3) is 5.69 Å². The second-order valence-electron chi connectivity index (χ2n) is 4.85. The van der Waals surface area contributed by atoms with E-state index in [1.54, 1.807) is 0 Å². The van der Waals surface area contributed by atoms with Gasteiger partial charge in [-0.15, -0.1) is 0 Å². The van der Waals surface area contributed by atoms with Crippen LogP contribution >= 0.6 is 15.9 Å². The number of ether oxygens (including phenoxy) is 1. The van der Waals surface area contributed by atoms with Crippen LogP contribution in [0.25, 0.3) is 0 Å². The monoisotopic (exact) mass is 378 g/mol. The summed E-state index contributed by atoms with van der Waals surface area (Å²) in [6.07, 6.45) is 0.745. The lowest BCUT2D eigenvalue weighted by atomic mass is 10.0. The van der Waals surface area contributed by atoms with Gasteiger partial charge in [0.05, 0.1) is 11.0 Å². The summed E-state index contributed by atoms with van der Waals surface area (Å²) in [6.45, 7) is 2.69. The molecule has 2 rings (SSSR count). The second-order valence-corrected chi connectivity index (χ2v) is 7.50. The van der Waals surface area contributed by atoms with Crippen molar-refractivity contribution in [1.82, 2.24) is 4.72 Å². The largest absolute Gasteiger partial charge is 0.378 e. The lowest BCUT2D eigenvalue weighted by Gasteiger charge is -2.15. The number of benzene rings is 1. The number of sulfonamides is 1. The van der Waals surface area contributed by atoms with Gasteiger partial charge in [-0.2, -0.15) is 0 Å². The van der Waals surface area contributed by atoms with Crippen LogP contribution in [-0.2, 0) is 14.8 Å². The molecule has 116 valence electrons. The van der Waals surface area contributed by atoms with Crippen molar-refractivity contribution in [3.63, 3.8) is 0 Å². The summed E-state index contributed by atoms with van der Waals surface area (Å²) >= 11 is 3.13. The highest BCUT2D eigenvalue weighted by Crippen LogP contribution is 2.27.